The molecule has 4 rings (SSSR count). The molecule has 73 heavy (non-hydrogen) atoms. The maximum Gasteiger partial charge on any atom is 0.475 e. The molecule has 414 valence electrons. The number of phosphoric acid groups is 1. The molecule has 1 amide bonds. The maximum atomic E-state index is 14.6. The van der Waals surface area contributed by atoms with Crippen molar-refractivity contribution in [3.8, 4) is 0 Å². The van der Waals surface area contributed by atoms with Crippen LogP contribution in [-0.4, -0.2) is 140 Å². The van der Waals surface area contributed by atoms with Crippen LogP contribution < -0.4 is 0 Å². The molecular weight excluding hydrogens is 962 g/mol. The first kappa shape index (κ1) is 62.3. The lowest BCUT2D eigenvalue weighted by molar-refractivity contribution is -0.265. The third-order valence-electron chi connectivity index (χ3n) is 15.3. The highest BCUT2D eigenvalue weighted by atomic mass is 31.2. The number of methoxy groups -OCH3 is 3. The van der Waals surface area contributed by atoms with Gasteiger partial charge in [0.15, 0.2) is 5.78 Å². The van der Waals surface area contributed by atoms with Gasteiger partial charge in [-0.3, -0.25) is 32.7 Å². The molecule has 2 bridgehead atoms. The van der Waals surface area contributed by atoms with Gasteiger partial charge in [-0.05, 0) is 121 Å². The molecule has 3 fully saturated rings. The van der Waals surface area contributed by atoms with Crippen molar-refractivity contribution in [2.75, 3.05) is 41.1 Å². The van der Waals surface area contributed by atoms with Gasteiger partial charge in [0, 0.05) is 58.5 Å². The van der Waals surface area contributed by atoms with Crippen LogP contribution >= 0.6 is 7.82 Å². The molecule has 4 aliphatic rings. The predicted molar refractivity (Wildman–Crippen MR) is 275 cm³/mol. The van der Waals surface area contributed by atoms with Crippen LogP contribution in [0.15, 0.2) is 47.6 Å². The highest BCUT2D eigenvalue weighted by Crippen LogP contribution is 2.53. The van der Waals surface area contributed by atoms with Gasteiger partial charge in [-0.2, -0.15) is 0 Å². The number of hydrogen-bond acceptors (Lipinski definition) is 16. The van der Waals surface area contributed by atoms with E-state index in [0.29, 0.717) is 69.8 Å². The summed E-state index contributed by atoms with van der Waals surface area (Å²) in [7, 11) is 0.650. The Labute approximate surface area is 434 Å². The Kier molecular flexibility index (Phi) is 25.0. The predicted octanol–water partition coefficient (Wildman–Crippen LogP) is 8.39. The fraction of sp³-hybridized carbons (Fsp3) is 0.764. The second-order valence-corrected chi connectivity index (χ2v) is 22.6. The molecule has 15 atom stereocenters. The molecule has 3 heterocycles. The molecule has 3 aliphatic heterocycles. The minimum absolute atomic E-state index is 0.00167. The standard InChI is InChI=1S/C55H88NO16P/c1-13-68-73(64,69-14-2)72-45-26-24-41(31-48(45)66-11)30-37(6)47-33-44(57)36(5)29-39(8)50(59)51(67-12)49(58)38(7)28-34(3)20-16-15-17-21-35(4)46(65-10)32-42-25-23-40(9)55(63,71-42)52(60)53(61)56-27-19-18-22-43(56)54(62)70-47/h15-17,20-21,29,34,36-38,40-43,45-48,50-51,59,63H,13-14,18-19,22-28,30-33H2,1-12H3/b17-15+,20-16+,35-21+,39-29+/t34-,36-,37-,38-,40-,41+,42+,43+,45-,46+,47+,48-,50-,51+,55?/m1/s1. The number of rotatable bonds is 12. The van der Waals surface area contributed by atoms with Gasteiger partial charge < -0.3 is 38.8 Å². The van der Waals surface area contributed by atoms with Crippen LogP contribution in [0.25, 0.3) is 0 Å². The van der Waals surface area contributed by atoms with Gasteiger partial charge in [0.1, 0.15) is 30.1 Å². The van der Waals surface area contributed by atoms with Crippen molar-refractivity contribution in [3.05, 3.63) is 47.6 Å². The third-order valence-corrected chi connectivity index (χ3v) is 17.0. The Morgan fingerprint density at radius 1 is 0.836 bits per heavy atom. The average Bonchev–Trinajstić information content (AvgIpc) is 3.35. The van der Waals surface area contributed by atoms with E-state index in [1.165, 1.54) is 12.0 Å². The van der Waals surface area contributed by atoms with Gasteiger partial charge in [-0.25, -0.2) is 9.36 Å². The first-order chi connectivity index (χ1) is 34.6. The van der Waals surface area contributed by atoms with Crippen LogP contribution in [-0.2, 0) is 65.8 Å². The zero-order valence-electron chi connectivity index (χ0n) is 45.7. The van der Waals surface area contributed by atoms with Crippen LogP contribution in [0.2, 0.25) is 0 Å². The maximum absolute atomic E-state index is 14.6. The summed E-state index contributed by atoms with van der Waals surface area (Å²) in [5, 5.41) is 23.5. The summed E-state index contributed by atoms with van der Waals surface area (Å²) in [5.41, 5.74) is 1.23. The SMILES string of the molecule is CCOP(=O)(OCC)O[C@@H]1CC[C@@H](C[C@@H](C)[C@@H]2CC(=O)[C@H](C)/C=C(\C)[C@@H](O)[C@@H](OC)C(=O)[C@H](C)C[C@H](C)/C=C/C=C/C=C(\C)[C@@H](OC)C[C@@H]3CC[C@@H](C)C(O)(O3)C(=O)C(=O)N3CCCC[C@H]3C(=O)O2)C[C@H]1OC. The number of esters is 1. The number of ketones is 3. The van der Waals surface area contributed by atoms with E-state index in [2.05, 4.69) is 0 Å². The largest absolute Gasteiger partial charge is 0.475 e. The number of Topliss-reactive ketones (excluding diaryl/α,β-unsaturated/α-hetero) is 3. The van der Waals surface area contributed by atoms with E-state index in [9.17, 15) is 38.8 Å². The van der Waals surface area contributed by atoms with Gasteiger partial charge >= 0.3 is 13.8 Å². The molecule has 0 aromatic rings. The summed E-state index contributed by atoms with van der Waals surface area (Å²) in [6.07, 6.45) is 10.3. The molecule has 0 radical (unpaired) electrons. The van der Waals surface area contributed by atoms with Gasteiger partial charge in [0.05, 0.1) is 37.6 Å². The van der Waals surface area contributed by atoms with E-state index in [-0.39, 0.29) is 56.0 Å². The Hall–Kier alpha value is -3.22. The van der Waals surface area contributed by atoms with E-state index in [1.807, 2.05) is 51.2 Å². The van der Waals surface area contributed by atoms with E-state index < -0.39 is 104 Å². The highest BCUT2D eigenvalue weighted by Gasteiger charge is 2.53. The summed E-state index contributed by atoms with van der Waals surface area (Å²) < 4.78 is 59.9. The minimum atomic E-state index is -3.84. The van der Waals surface area contributed by atoms with Gasteiger partial charge in [0.2, 0.25) is 5.79 Å². The lowest BCUT2D eigenvalue weighted by Crippen LogP contribution is -2.61. The van der Waals surface area contributed by atoms with Crippen LogP contribution in [0.5, 0.6) is 0 Å². The van der Waals surface area contributed by atoms with Crippen molar-refractivity contribution in [1.82, 2.24) is 4.90 Å². The molecule has 17 nitrogen and oxygen atoms in total. The number of hydrogen-bond donors (Lipinski definition) is 2. The zero-order valence-corrected chi connectivity index (χ0v) is 46.6. The van der Waals surface area contributed by atoms with Crippen molar-refractivity contribution >= 4 is 37.0 Å². The number of carbonyl (C=O) groups excluding carboxylic acids is 5. The Morgan fingerprint density at radius 3 is 2.18 bits per heavy atom. The van der Waals surface area contributed by atoms with E-state index in [4.69, 9.17) is 37.3 Å². The number of phosphoric ester groups is 1. The van der Waals surface area contributed by atoms with Crippen LogP contribution in [0, 0.1) is 35.5 Å². The number of fused-ring (bicyclic) bond motifs is 3. The van der Waals surface area contributed by atoms with E-state index in [1.54, 1.807) is 61.8 Å². The van der Waals surface area contributed by atoms with Gasteiger partial charge in [-0.15, -0.1) is 0 Å². The number of amides is 1. The van der Waals surface area contributed by atoms with Crippen molar-refractivity contribution < 1.29 is 76.0 Å². The molecule has 0 aromatic carbocycles. The third kappa shape index (κ3) is 17.1. The first-order valence-corrected chi connectivity index (χ1v) is 28.1. The number of aliphatic hydroxyl groups is 2. The second-order valence-electron chi connectivity index (χ2n) is 20.9. The van der Waals surface area contributed by atoms with Crippen LogP contribution in [0.4, 0.5) is 0 Å². The molecule has 2 N–H and O–H groups in total. The zero-order chi connectivity index (χ0) is 54.2. The lowest BCUT2D eigenvalue weighted by atomic mass is 9.78. The number of piperidine rings is 1. The quantitative estimate of drug-likeness (QED) is 0.0811. The smallest absolute Gasteiger partial charge is 0.460 e. The highest BCUT2D eigenvalue weighted by molar-refractivity contribution is 7.48. The second kappa shape index (κ2) is 29.3. The minimum Gasteiger partial charge on any atom is -0.460 e. The Balaban J connectivity index is 1.70. The van der Waals surface area contributed by atoms with Crippen LogP contribution in [0.3, 0.4) is 0 Å². The number of allylic oxidation sites excluding steroid dienone is 6. The fourth-order valence-corrected chi connectivity index (χ4v) is 12.2. The van der Waals surface area contributed by atoms with Crippen molar-refractivity contribution in [2.24, 2.45) is 35.5 Å². The van der Waals surface area contributed by atoms with Crippen molar-refractivity contribution in [1.29, 1.82) is 0 Å². The van der Waals surface area contributed by atoms with E-state index in [0.717, 1.165) is 5.57 Å². The van der Waals surface area contributed by atoms with Crippen LogP contribution in [0.1, 0.15) is 139 Å². The summed E-state index contributed by atoms with van der Waals surface area (Å²) in [4.78, 5) is 72.5. The molecule has 1 saturated carbocycles. The summed E-state index contributed by atoms with van der Waals surface area (Å²) in [5.74, 6) is -8.40. The molecule has 1 aliphatic carbocycles. The summed E-state index contributed by atoms with van der Waals surface area (Å²) in [6.45, 7) is 16.3. The Morgan fingerprint density at radius 2 is 1.53 bits per heavy atom. The normalized spacial score (nSPS) is 37.5. The molecule has 0 spiro atoms. The monoisotopic (exact) mass is 1050 g/mol. The summed E-state index contributed by atoms with van der Waals surface area (Å²) >= 11 is 0. The van der Waals surface area contributed by atoms with Crippen molar-refractivity contribution in [3.63, 3.8) is 0 Å². The number of nitrogens with zero attached hydrogens (tertiary/aromatic N) is 1. The molecular formula is C55H88NO16P. The fourth-order valence-electron chi connectivity index (χ4n) is 10.8. The van der Waals surface area contributed by atoms with Gasteiger partial charge in [0.25, 0.3) is 11.7 Å². The topological polar surface area (TPSA) is 220 Å². The number of ether oxygens (including phenoxy) is 5. The number of cyclic esters (lactones) is 1. The molecule has 2 saturated heterocycles. The number of aliphatic hydroxyl groups excluding tert-OH is 1. The lowest BCUT2D eigenvalue weighted by Gasteiger charge is -2.42. The molecule has 18 heteroatoms. The molecule has 1 unspecified atom stereocenters. The van der Waals surface area contributed by atoms with Gasteiger partial charge in [-0.1, -0.05) is 71.1 Å². The number of carbonyl (C=O) groups is 5. The first-order valence-electron chi connectivity index (χ1n) is 26.6. The van der Waals surface area contributed by atoms with Crippen molar-refractivity contribution in [2.45, 2.75) is 194 Å². The average molecular weight is 1050 g/mol. The molecule has 0 aromatic heterocycles. The Bertz CT molecular complexity index is 2010. The summed E-state index contributed by atoms with van der Waals surface area (Å²) in [6, 6.07) is -1.18. The van der Waals surface area contributed by atoms with E-state index >= 15 is 0 Å².